The highest BCUT2D eigenvalue weighted by Gasteiger charge is 2.10. The second-order valence-corrected chi connectivity index (χ2v) is 5.39. The van der Waals surface area contributed by atoms with Crippen molar-refractivity contribution in [1.82, 2.24) is 20.4 Å². The van der Waals surface area contributed by atoms with Gasteiger partial charge in [0.05, 0.1) is 19.3 Å². The molecule has 1 heterocycles. The Hall–Kier alpha value is -1.61. The van der Waals surface area contributed by atoms with Crippen molar-refractivity contribution in [2.24, 2.45) is 12.0 Å². The summed E-state index contributed by atoms with van der Waals surface area (Å²) in [5.74, 6) is 0.782. The maximum Gasteiger partial charge on any atom is 0.191 e. The number of aliphatic hydroxyl groups excluding tert-OH is 1. The number of nitrogens with one attached hydrogen (secondary N) is 2. The van der Waals surface area contributed by atoms with E-state index in [2.05, 4.69) is 20.7 Å². The number of benzene rings is 1. The average Bonchev–Trinajstić information content (AvgIpc) is 2.99. The fourth-order valence-electron chi connectivity index (χ4n) is 2.30. The molecule has 1 unspecified atom stereocenters. The van der Waals surface area contributed by atoms with E-state index in [-0.39, 0.29) is 36.5 Å². The Morgan fingerprint density at radius 1 is 1.29 bits per heavy atom. The number of aromatic nitrogens is 2. The minimum atomic E-state index is 0. The molecule has 0 saturated carbocycles. The van der Waals surface area contributed by atoms with Gasteiger partial charge in [0.25, 0.3) is 0 Å². The van der Waals surface area contributed by atoms with Crippen molar-refractivity contribution in [3.05, 3.63) is 53.9 Å². The van der Waals surface area contributed by atoms with Gasteiger partial charge < -0.3 is 15.7 Å². The summed E-state index contributed by atoms with van der Waals surface area (Å²) < 4.78 is 1.77. The van der Waals surface area contributed by atoms with Crippen molar-refractivity contribution in [2.75, 3.05) is 19.7 Å². The Bertz CT molecular complexity index is 614. The largest absolute Gasteiger partial charge is 0.396 e. The molecule has 132 valence electrons. The molecular weight excluding hydrogens is 417 g/mol. The van der Waals surface area contributed by atoms with E-state index in [0.29, 0.717) is 13.1 Å². The summed E-state index contributed by atoms with van der Waals surface area (Å²) in [7, 11) is 1.89. The number of hydrogen-bond acceptors (Lipinski definition) is 3. The average molecular weight is 443 g/mol. The van der Waals surface area contributed by atoms with Gasteiger partial charge in [0.15, 0.2) is 5.96 Å². The quantitative estimate of drug-likeness (QED) is 0.347. The lowest BCUT2D eigenvalue weighted by Crippen LogP contribution is -2.39. The zero-order valence-corrected chi connectivity index (χ0v) is 16.5. The molecule has 0 aliphatic heterocycles. The molecule has 0 radical (unpaired) electrons. The molecule has 7 heteroatoms. The minimum absolute atomic E-state index is 0. The molecule has 0 amide bonds. The number of nitrogens with zero attached hydrogens (tertiary/aromatic N) is 3. The number of hydrogen-bond donors (Lipinski definition) is 3. The maximum absolute atomic E-state index is 9.62. The summed E-state index contributed by atoms with van der Waals surface area (Å²) in [5, 5.41) is 20.3. The Morgan fingerprint density at radius 3 is 2.62 bits per heavy atom. The standard InChI is InChI=1S/C17H25N5O.HI/c1-3-18-17(19-9-14-10-21-22(2)12-14)20-11-16(13-23)15-7-5-4-6-8-15;/h4-8,10,12,16,23H,3,9,11,13H2,1-2H3,(H2,18,19,20);1H. The van der Waals surface area contributed by atoms with Gasteiger partial charge in [-0.05, 0) is 12.5 Å². The fraction of sp³-hybridized carbons (Fsp3) is 0.412. The van der Waals surface area contributed by atoms with Crippen molar-refractivity contribution in [3.8, 4) is 0 Å². The van der Waals surface area contributed by atoms with E-state index >= 15 is 0 Å². The molecular formula is C17H26IN5O. The number of aliphatic imine (C=N–C) groups is 1. The molecule has 0 spiro atoms. The van der Waals surface area contributed by atoms with Gasteiger partial charge in [-0.15, -0.1) is 24.0 Å². The van der Waals surface area contributed by atoms with E-state index < -0.39 is 0 Å². The van der Waals surface area contributed by atoms with E-state index in [1.807, 2.05) is 56.7 Å². The summed E-state index contributed by atoms with van der Waals surface area (Å²) in [6.45, 7) is 4.10. The molecule has 0 bridgehead atoms. The van der Waals surface area contributed by atoms with Crippen LogP contribution in [0.15, 0.2) is 47.7 Å². The normalized spacial score (nSPS) is 12.4. The van der Waals surface area contributed by atoms with Crippen molar-refractivity contribution < 1.29 is 5.11 Å². The third kappa shape index (κ3) is 6.48. The van der Waals surface area contributed by atoms with Crippen LogP contribution in [0.4, 0.5) is 0 Å². The smallest absolute Gasteiger partial charge is 0.191 e. The van der Waals surface area contributed by atoms with Crippen molar-refractivity contribution >= 4 is 29.9 Å². The van der Waals surface area contributed by atoms with Crippen LogP contribution in [0.2, 0.25) is 0 Å². The molecule has 2 aromatic rings. The first kappa shape index (κ1) is 20.4. The van der Waals surface area contributed by atoms with Crippen LogP contribution < -0.4 is 10.6 Å². The van der Waals surface area contributed by atoms with Crippen LogP contribution in [0, 0.1) is 0 Å². The molecule has 1 aromatic heterocycles. The molecule has 0 fully saturated rings. The first-order valence-electron chi connectivity index (χ1n) is 7.88. The van der Waals surface area contributed by atoms with Gasteiger partial charge in [0.2, 0.25) is 0 Å². The summed E-state index contributed by atoms with van der Waals surface area (Å²) in [5.41, 5.74) is 2.18. The van der Waals surface area contributed by atoms with Gasteiger partial charge in [-0.2, -0.15) is 5.10 Å². The summed E-state index contributed by atoms with van der Waals surface area (Å²) in [6.07, 6.45) is 3.77. The second kappa shape index (κ2) is 11.0. The number of aliphatic hydroxyl groups is 1. The highest BCUT2D eigenvalue weighted by Crippen LogP contribution is 2.13. The molecule has 1 atom stereocenters. The third-order valence-electron chi connectivity index (χ3n) is 3.53. The van der Waals surface area contributed by atoms with E-state index in [1.165, 1.54) is 0 Å². The molecule has 24 heavy (non-hydrogen) atoms. The monoisotopic (exact) mass is 443 g/mol. The first-order chi connectivity index (χ1) is 11.2. The Balaban J connectivity index is 0.00000288. The van der Waals surface area contributed by atoms with E-state index in [9.17, 15) is 5.11 Å². The Morgan fingerprint density at radius 2 is 2.04 bits per heavy atom. The Kier molecular flexibility index (Phi) is 9.39. The highest BCUT2D eigenvalue weighted by molar-refractivity contribution is 14.0. The third-order valence-corrected chi connectivity index (χ3v) is 3.53. The fourth-order valence-corrected chi connectivity index (χ4v) is 2.30. The summed E-state index contributed by atoms with van der Waals surface area (Å²) in [6, 6.07) is 10.0. The Labute approximate surface area is 160 Å². The lowest BCUT2D eigenvalue weighted by atomic mass is 10.0. The lowest BCUT2D eigenvalue weighted by molar-refractivity contribution is 0.265. The van der Waals surface area contributed by atoms with Gasteiger partial charge in [-0.1, -0.05) is 30.3 Å². The summed E-state index contributed by atoms with van der Waals surface area (Å²) in [4.78, 5) is 4.56. The highest BCUT2D eigenvalue weighted by atomic mass is 127. The van der Waals surface area contributed by atoms with Crippen LogP contribution in [0.25, 0.3) is 0 Å². The van der Waals surface area contributed by atoms with Crippen molar-refractivity contribution in [1.29, 1.82) is 0 Å². The van der Waals surface area contributed by atoms with Crippen LogP contribution in [0.5, 0.6) is 0 Å². The zero-order valence-electron chi connectivity index (χ0n) is 14.1. The predicted octanol–water partition coefficient (Wildman–Crippen LogP) is 1.87. The first-order valence-corrected chi connectivity index (χ1v) is 7.88. The maximum atomic E-state index is 9.62. The molecule has 6 nitrogen and oxygen atoms in total. The summed E-state index contributed by atoms with van der Waals surface area (Å²) >= 11 is 0. The van der Waals surface area contributed by atoms with Crippen LogP contribution >= 0.6 is 24.0 Å². The number of aryl methyl sites for hydroxylation is 1. The molecule has 0 aliphatic rings. The second-order valence-electron chi connectivity index (χ2n) is 5.39. The van der Waals surface area contributed by atoms with Gasteiger partial charge in [0, 0.05) is 37.8 Å². The molecule has 1 aromatic carbocycles. The van der Waals surface area contributed by atoms with Crippen molar-refractivity contribution in [3.63, 3.8) is 0 Å². The van der Waals surface area contributed by atoms with Crippen LogP contribution in [0.1, 0.15) is 24.0 Å². The SMILES string of the molecule is CCNC(=NCc1cnn(C)c1)NCC(CO)c1ccccc1.I. The molecule has 0 aliphatic carbocycles. The lowest BCUT2D eigenvalue weighted by Gasteiger charge is -2.18. The van der Waals surface area contributed by atoms with Gasteiger partial charge >= 0.3 is 0 Å². The van der Waals surface area contributed by atoms with Crippen LogP contribution in [-0.4, -0.2) is 40.5 Å². The van der Waals surface area contributed by atoms with E-state index in [1.54, 1.807) is 4.68 Å². The minimum Gasteiger partial charge on any atom is -0.396 e. The van der Waals surface area contributed by atoms with Gasteiger partial charge in [-0.25, -0.2) is 4.99 Å². The van der Waals surface area contributed by atoms with E-state index in [4.69, 9.17) is 0 Å². The number of halogens is 1. The number of rotatable bonds is 7. The van der Waals surface area contributed by atoms with Crippen LogP contribution in [0.3, 0.4) is 0 Å². The number of guanidine groups is 1. The van der Waals surface area contributed by atoms with E-state index in [0.717, 1.165) is 23.6 Å². The molecule has 3 N–H and O–H groups in total. The topological polar surface area (TPSA) is 74.5 Å². The zero-order chi connectivity index (χ0) is 16.5. The molecule has 2 rings (SSSR count). The van der Waals surface area contributed by atoms with Crippen LogP contribution in [-0.2, 0) is 13.6 Å². The predicted molar refractivity (Wildman–Crippen MR) is 108 cm³/mol. The van der Waals surface area contributed by atoms with Gasteiger partial charge in [-0.3, -0.25) is 4.68 Å². The van der Waals surface area contributed by atoms with Gasteiger partial charge in [0.1, 0.15) is 0 Å². The van der Waals surface area contributed by atoms with Crippen molar-refractivity contribution in [2.45, 2.75) is 19.4 Å². The molecule has 0 saturated heterocycles.